The molecule has 5 heteroatoms. The second-order valence-corrected chi connectivity index (χ2v) is 7.00. The minimum atomic E-state index is 0.192. The molecule has 1 fully saturated rings. The summed E-state index contributed by atoms with van der Waals surface area (Å²) in [4.78, 5) is 11.7. The lowest BCUT2D eigenvalue weighted by Crippen LogP contribution is -2.36. The number of amides is 1. The van der Waals surface area contributed by atoms with Crippen LogP contribution in [0, 0.1) is 0 Å². The Balaban J connectivity index is 2.07. The number of hydrogen-bond acceptors (Lipinski definition) is 4. The van der Waals surface area contributed by atoms with E-state index in [1.54, 1.807) is 0 Å². The van der Waals surface area contributed by atoms with Crippen molar-refractivity contribution in [3.63, 3.8) is 0 Å². The zero-order chi connectivity index (χ0) is 12.5. The molecule has 1 saturated heterocycles. The van der Waals surface area contributed by atoms with E-state index in [0.717, 1.165) is 24.6 Å². The van der Waals surface area contributed by atoms with E-state index < -0.39 is 0 Å². The molecule has 0 bridgehead atoms. The topological polar surface area (TPSA) is 41.1 Å². The lowest BCUT2D eigenvalue weighted by Gasteiger charge is -2.22. The SMILES string of the molecule is CCSCC(C)NC(=O)CSC1CCNCC1. The summed E-state index contributed by atoms with van der Waals surface area (Å²) in [7, 11) is 0. The summed E-state index contributed by atoms with van der Waals surface area (Å²) in [6.07, 6.45) is 2.39. The largest absolute Gasteiger partial charge is 0.352 e. The summed E-state index contributed by atoms with van der Waals surface area (Å²) in [5.41, 5.74) is 0. The minimum absolute atomic E-state index is 0.192. The van der Waals surface area contributed by atoms with E-state index in [9.17, 15) is 4.79 Å². The Morgan fingerprint density at radius 2 is 2.18 bits per heavy atom. The molecule has 0 aromatic heterocycles. The predicted octanol–water partition coefficient (Wildman–Crippen LogP) is 1.73. The van der Waals surface area contributed by atoms with Crippen molar-refractivity contribution in [3.05, 3.63) is 0 Å². The number of carbonyl (C=O) groups excluding carboxylic acids is 1. The molecule has 17 heavy (non-hydrogen) atoms. The summed E-state index contributed by atoms with van der Waals surface area (Å²) in [5, 5.41) is 7.07. The molecule has 1 atom stereocenters. The fourth-order valence-electron chi connectivity index (χ4n) is 1.81. The molecule has 0 aliphatic carbocycles. The molecular formula is C12H24N2OS2. The number of hydrogen-bond donors (Lipinski definition) is 2. The van der Waals surface area contributed by atoms with Crippen molar-refractivity contribution >= 4 is 29.4 Å². The normalized spacial score (nSPS) is 18.9. The van der Waals surface area contributed by atoms with Crippen LogP contribution >= 0.6 is 23.5 Å². The lowest BCUT2D eigenvalue weighted by molar-refractivity contribution is -0.119. The van der Waals surface area contributed by atoms with Gasteiger partial charge in [-0.15, -0.1) is 11.8 Å². The number of piperidine rings is 1. The van der Waals surface area contributed by atoms with Crippen molar-refractivity contribution in [2.24, 2.45) is 0 Å². The fourth-order valence-corrected chi connectivity index (χ4v) is 3.52. The molecule has 1 unspecified atom stereocenters. The number of thioether (sulfide) groups is 2. The number of nitrogens with one attached hydrogen (secondary N) is 2. The highest BCUT2D eigenvalue weighted by molar-refractivity contribution is 8.00. The highest BCUT2D eigenvalue weighted by atomic mass is 32.2. The highest BCUT2D eigenvalue weighted by Crippen LogP contribution is 2.19. The molecule has 0 aromatic rings. The van der Waals surface area contributed by atoms with Crippen LogP contribution in [0.3, 0.4) is 0 Å². The molecule has 0 radical (unpaired) electrons. The standard InChI is InChI=1S/C12H24N2OS2/c1-3-16-8-10(2)14-12(15)9-17-11-4-6-13-7-5-11/h10-11,13H,3-9H2,1-2H3,(H,14,15). The van der Waals surface area contributed by atoms with Crippen molar-refractivity contribution in [1.29, 1.82) is 0 Å². The molecule has 0 saturated carbocycles. The molecular weight excluding hydrogens is 252 g/mol. The Bertz CT molecular complexity index is 221. The van der Waals surface area contributed by atoms with Gasteiger partial charge in [0.1, 0.15) is 0 Å². The Labute approximate surface area is 113 Å². The molecule has 0 aromatic carbocycles. The molecule has 1 heterocycles. The first kappa shape index (κ1) is 15.2. The van der Waals surface area contributed by atoms with E-state index in [0.29, 0.717) is 17.0 Å². The van der Waals surface area contributed by atoms with Gasteiger partial charge < -0.3 is 10.6 Å². The minimum Gasteiger partial charge on any atom is -0.352 e. The summed E-state index contributed by atoms with van der Waals surface area (Å²) in [6.45, 7) is 6.42. The number of rotatable bonds is 7. The molecule has 1 aliphatic heterocycles. The van der Waals surface area contributed by atoms with Crippen LogP contribution in [0.1, 0.15) is 26.7 Å². The lowest BCUT2D eigenvalue weighted by atomic mass is 10.2. The quantitative estimate of drug-likeness (QED) is 0.743. The molecule has 3 nitrogen and oxygen atoms in total. The summed E-state index contributed by atoms with van der Waals surface area (Å²) in [5.74, 6) is 2.94. The van der Waals surface area contributed by atoms with Gasteiger partial charge in [0.05, 0.1) is 5.75 Å². The monoisotopic (exact) mass is 276 g/mol. The maximum Gasteiger partial charge on any atom is 0.230 e. The third-order valence-corrected chi connectivity index (χ3v) is 5.23. The van der Waals surface area contributed by atoms with E-state index in [1.165, 1.54) is 12.8 Å². The predicted molar refractivity (Wildman–Crippen MR) is 79.0 cm³/mol. The highest BCUT2D eigenvalue weighted by Gasteiger charge is 2.15. The van der Waals surface area contributed by atoms with Gasteiger partial charge in [0, 0.05) is 17.0 Å². The van der Waals surface area contributed by atoms with Crippen LogP contribution in [-0.4, -0.2) is 47.5 Å². The van der Waals surface area contributed by atoms with Crippen molar-refractivity contribution < 1.29 is 4.79 Å². The van der Waals surface area contributed by atoms with Gasteiger partial charge in [0.25, 0.3) is 0 Å². The second-order valence-electron chi connectivity index (χ2n) is 4.39. The van der Waals surface area contributed by atoms with Crippen LogP contribution in [0.25, 0.3) is 0 Å². The first-order valence-electron chi connectivity index (χ1n) is 6.41. The molecule has 100 valence electrons. The maximum absolute atomic E-state index is 11.7. The first-order valence-corrected chi connectivity index (χ1v) is 8.62. The maximum atomic E-state index is 11.7. The zero-order valence-electron chi connectivity index (χ0n) is 10.8. The first-order chi connectivity index (χ1) is 8.22. The van der Waals surface area contributed by atoms with Crippen LogP contribution in [0.4, 0.5) is 0 Å². The summed E-state index contributed by atoms with van der Waals surface area (Å²) < 4.78 is 0. The van der Waals surface area contributed by atoms with Crippen LogP contribution in [-0.2, 0) is 4.79 Å². The van der Waals surface area contributed by atoms with Gasteiger partial charge in [0.15, 0.2) is 0 Å². The van der Waals surface area contributed by atoms with Crippen molar-refractivity contribution in [2.45, 2.75) is 38.0 Å². The van der Waals surface area contributed by atoms with Crippen molar-refractivity contribution in [1.82, 2.24) is 10.6 Å². The van der Waals surface area contributed by atoms with Crippen LogP contribution in [0.5, 0.6) is 0 Å². The van der Waals surface area contributed by atoms with Crippen LogP contribution in [0.2, 0.25) is 0 Å². The molecule has 1 aliphatic rings. The van der Waals surface area contributed by atoms with Crippen LogP contribution in [0.15, 0.2) is 0 Å². The van der Waals surface area contributed by atoms with E-state index in [2.05, 4.69) is 24.5 Å². The van der Waals surface area contributed by atoms with Crippen molar-refractivity contribution in [3.8, 4) is 0 Å². The third-order valence-electron chi connectivity index (χ3n) is 2.72. The van der Waals surface area contributed by atoms with Gasteiger partial charge in [-0.2, -0.15) is 11.8 Å². The molecule has 0 spiro atoms. The fraction of sp³-hybridized carbons (Fsp3) is 0.917. The summed E-state index contributed by atoms with van der Waals surface area (Å²) in [6, 6.07) is 0.293. The summed E-state index contributed by atoms with van der Waals surface area (Å²) >= 11 is 3.69. The van der Waals surface area contributed by atoms with E-state index >= 15 is 0 Å². The Morgan fingerprint density at radius 1 is 1.47 bits per heavy atom. The van der Waals surface area contributed by atoms with Gasteiger partial charge in [-0.05, 0) is 38.6 Å². The third kappa shape index (κ3) is 7.21. The van der Waals surface area contributed by atoms with Gasteiger partial charge in [-0.1, -0.05) is 6.92 Å². The Morgan fingerprint density at radius 3 is 2.82 bits per heavy atom. The molecule has 1 rings (SSSR count). The molecule has 1 amide bonds. The zero-order valence-corrected chi connectivity index (χ0v) is 12.5. The van der Waals surface area contributed by atoms with Crippen molar-refractivity contribution in [2.75, 3.05) is 30.3 Å². The van der Waals surface area contributed by atoms with Crippen LogP contribution < -0.4 is 10.6 Å². The average molecular weight is 276 g/mol. The Kier molecular flexibility index (Phi) is 8.14. The van der Waals surface area contributed by atoms with E-state index in [4.69, 9.17) is 0 Å². The van der Waals surface area contributed by atoms with Gasteiger partial charge in [-0.25, -0.2) is 0 Å². The van der Waals surface area contributed by atoms with E-state index in [1.807, 2.05) is 23.5 Å². The molecule has 2 N–H and O–H groups in total. The van der Waals surface area contributed by atoms with E-state index in [-0.39, 0.29) is 5.91 Å². The smallest absolute Gasteiger partial charge is 0.230 e. The van der Waals surface area contributed by atoms with Gasteiger partial charge >= 0.3 is 0 Å². The average Bonchev–Trinajstić information content (AvgIpc) is 2.35. The van der Waals surface area contributed by atoms with Gasteiger partial charge in [-0.3, -0.25) is 4.79 Å². The van der Waals surface area contributed by atoms with Gasteiger partial charge in [0.2, 0.25) is 5.91 Å². The Hall–Kier alpha value is 0.130. The number of carbonyl (C=O) groups is 1. The second kappa shape index (κ2) is 9.11.